The number of benzene rings is 2. The quantitative estimate of drug-likeness (QED) is 0.823. The molecule has 0 unspecified atom stereocenters. The molecule has 0 aliphatic rings. The molecule has 0 heterocycles. The molecule has 0 spiro atoms. The van der Waals surface area contributed by atoms with E-state index in [0.717, 1.165) is 12.1 Å². The smallest absolute Gasteiger partial charge is 0.417 e. The maximum absolute atomic E-state index is 13.4. The van der Waals surface area contributed by atoms with Crippen LogP contribution < -0.4 is 10.1 Å². The summed E-state index contributed by atoms with van der Waals surface area (Å²) < 4.78 is 18.4. The summed E-state index contributed by atoms with van der Waals surface area (Å²) in [4.78, 5) is 11.5. The number of ether oxygens (including phenoxy) is 1. The number of halogens is 2. The van der Waals surface area contributed by atoms with Crippen molar-refractivity contribution in [3.63, 3.8) is 0 Å². The Morgan fingerprint density at radius 2 is 1.95 bits per heavy atom. The maximum Gasteiger partial charge on any atom is 0.417 e. The van der Waals surface area contributed by atoms with Crippen molar-refractivity contribution in [3.05, 3.63) is 53.3 Å². The Morgan fingerprint density at radius 3 is 2.63 bits per heavy atom. The van der Waals surface area contributed by atoms with Crippen molar-refractivity contribution < 1.29 is 19.0 Å². The third kappa shape index (κ3) is 3.35. The van der Waals surface area contributed by atoms with Gasteiger partial charge in [-0.05, 0) is 18.2 Å². The predicted octanol–water partition coefficient (Wildman–Crippen LogP) is 3.80. The summed E-state index contributed by atoms with van der Waals surface area (Å²) in [7, 11) is 0. The molecular formula is C13H9ClFNO3. The van der Waals surface area contributed by atoms with Crippen LogP contribution in [0.15, 0.2) is 42.5 Å². The van der Waals surface area contributed by atoms with Crippen LogP contribution in [0.25, 0.3) is 0 Å². The largest absolute Gasteiger partial charge is 0.506 e. The second-order valence-electron chi connectivity index (χ2n) is 3.61. The number of hydrogen-bond donors (Lipinski definition) is 2. The zero-order valence-corrected chi connectivity index (χ0v) is 10.3. The molecule has 0 aromatic heterocycles. The first-order chi connectivity index (χ1) is 9.06. The number of amides is 1. The van der Waals surface area contributed by atoms with Crippen molar-refractivity contribution in [2.75, 3.05) is 5.32 Å². The SMILES string of the molecule is O=C(Nc1cc(Cl)c(O)cc1F)Oc1ccccc1. The minimum Gasteiger partial charge on any atom is -0.506 e. The van der Waals surface area contributed by atoms with Crippen molar-refractivity contribution in [2.45, 2.75) is 0 Å². The van der Waals surface area contributed by atoms with E-state index in [2.05, 4.69) is 5.32 Å². The number of nitrogens with one attached hydrogen (secondary N) is 1. The summed E-state index contributed by atoms with van der Waals surface area (Å²) in [6, 6.07) is 10.2. The molecule has 0 radical (unpaired) electrons. The van der Waals surface area contributed by atoms with Gasteiger partial charge in [0.1, 0.15) is 11.5 Å². The van der Waals surface area contributed by atoms with Gasteiger partial charge in [0.15, 0.2) is 5.82 Å². The van der Waals surface area contributed by atoms with E-state index in [9.17, 15) is 14.3 Å². The van der Waals surface area contributed by atoms with E-state index in [1.807, 2.05) is 0 Å². The summed E-state index contributed by atoms with van der Waals surface area (Å²) >= 11 is 5.62. The van der Waals surface area contributed by atoms with Crippen LogP contribution in [0.3, 0.4) is 0 Å². The van der Waals surface area contributed by atoms with Crippen LogP contribution in [0.5, 0.6) is 11.5 Å². The van der Waals surface area contributed by atoms with Gasteiger partial charge in [0.25, 0.3) is 0 Å². The molecule has 98 valence electrons. The van der Waals surface area contributed by atoms with Crippen molar-refractivity contribution in [1.82, 2.24) is 0 Å². The Labute approximate surface area is 113 Å². The van der Waals surface area contributed by atoms with Gasteiger partial charge in [-0.25, -0.2) is 9.18 Å². The van der Waals surface area contributed by atoms with E-state index in [0.29, 0.717) is 5.75 Å². The molecule has 0 bridgehead atoms. The van der Waals surface area contributed by atoms with Gasteiger partial charge in [0.05, 0.1) is 10.7 Å². The number of rotatable bonds is 2. The summed E-state index contributed by atoms with van der Waals surface area (Å²) in [5, 5.41) is 11.3. The molecule has 4 nitrogen and oxygen atoms in total. The minimum absolute atomic E-state index is 0.0728. The highest BCUT2D eigenvalue weighted by atomic mass is 35.5. The molecule has 0 saturated carbocycles. The van der Waals surface area contributed by atoms with E-state index >= 15 is 0 Å². The first kappa shape index (κ1) is 13.2. The van der Waals surface area contributed by atoms with E-state index < -0.39 is 17.7 Å². The average molecular weight is 282 g/mol. The summed E-state index contributed by atoms with van der Waals surface area (Å²) in [6.07, 6.45) is -0.855. The van der Waals surface area contributed by atoms with Gasteiger partial charge in [0.2, 0.25) is 0 Å². The molecule has 6 heteroatoms. The standard InChI is InChI=1S/C13H9ClFNO3/c14-9-6-11(10(15)7-12(9)17)16-13(18)19-8-4-2-1-3-5-8/h1-7,17H,(H,16,18). The Morgan fingerprint density at radius 1 is 1.26 bits per heavy atom. The van der Waals surface area contributed by atoms with Crippen LogP contribution in [0, 0.1) is 5.82 Å². The normalized spacial score (nSPS) is 10.0. The Balaban J connectivity index is 2.09. The molecule has 2 aromatic rings. The maximum atomic E-state index is 13.4. The van der Waals surface area contributed by atoms with Crippen LogP contribution in [0.4, 0.5) is 14.9 Å². The van der Waals surface area contributed by atoms with E-state index in [-0.39, 0.29) is 10.7 Å². The molecule has 19 heavy (non-hydrogen) atoms. The summed E-state index contributed by atoms with van der Waals surface area (Å²) in [6.45, 7) is 0. The fourth-order valence-electron chi connectivity index (χ4n) is 1.36. The molecule has 2 N–H and O–H groups in total. The van der Waals surface area contributed by atoms with Crippen molar-refractivity contribution in [1.29, 1.82) is 0 Å². The number of aromatic hydroxyl groups is 1. The average Bonchev–Trinajstić information content (AvgIpc) is 2.37. The Kier molecular flexibility index (Phi) is 3.87. The van der Waals surface area contributed by atoms with Gasteiger partial charge in [-0.2, -0.15) is 0 Å². The lowest BCUT2D eigenvalue weighted by atomic mass is 10.3. The second-order valence-corrected chi connectivity index (χ2v) is 4.02. The van der Waals surface area contributed by atoms with Crippen LogP contribution >= 0.6 is 11.6 Å². The number of carbonyl (C=O) groups is 1. The number of para-hydroxylation sites is 1. The van der Waals surface area contributed by atoms with Gasteiger partial charge < -0.3 is 9.84 Å². The molecule has 0 fully saturated rings. The van der Waals surface area contributed by atoms with E-state index in [1.54, 1.807) is 30.3 Å². The zero-order chi connectivity index (χ0) is 13.8. The van der Waals surface area contributed by atoms with Crippen LogP contribution in [-0.4, -0.2) is 11.2 Å². The monoisotopic (exact) mass is 281 g/mol. The van der Waals surface area contributed by atoms with Gasteiger partial charge >= 0.3 is 6.09 Å². The van der Waals surface area contributed by atoms with Crippen molar-refractivity contribution in [2.24, 2.45) is 0 Å². The van der Waals surface area contributed by atoms with Gasteiger partial charge in [0, 0.05) is 6.07 Å². The number of phenols is 1. The predicted molar refractivity (Wildman–Crippen MR) is 69.2 cm³/mol. The van der Waals surface area contributed by atoms with Crippen LogP contribution in [0.1, 0.15) is 0 Å². The van der Waals surface area contributed by atoms with Gasteiger partial charge in [-0.15, -0.1) is 0 Å². The highest BCUT2D eigenvalue weighted by molar-refractivity contribution is 6.32. The van der Waals surface area contributed by atoms with Crippen LogP contribution in [-0.2, 0) is 0 Å². The molecule has 2 aromatic carbocycles. The molecule has 0 aliphatic carbocycles. The summed E-state index contributed by atoms with van der Waals surface area (Å²) in [5.41, 5.74) is -0.177. The Bertz CT molecular complexity index is 604. The van der Waals surface area contributed by atoms with E-state index in [4.69, 9.17) is 16.3 Å². The number of anilines is 1. The number of hydrogen-bond acceptors (Lipinski definition) is 3. The first-order valence-electron chi connectivity index (χ1n) is 5.28. The third-order valence-corrected chi connectivity index (χ3v) is 2.53. The van der Waals surface area contributed by atoms with Crippen molar-refractivity contribution in [3.8, 4) is 11.5 Å². The third-order valence-electron chi connectivity index (χ3n) is 2.23. The van der Waals surface area contributed by atoms with Crippen LogP contribution in [0.2, 0.25) is 5.02 Å². The minimum atomic E-state index is -0.855. The first-order valence-corrected chi connectivity index (χ1v) is 5.66. The molecule has 0 atom stereocenters. The summed E-state index contributed by atoms with van der Waals surface area (Å²) in [5.74, 6) is -0.890. The molecule has 0 aliphatic heterocycles. The highest BCUT2D eigenvalue weighted by Crippen LogP contribution is 2.29. The van der Waals surface area contributed by atoms with Crippen molar-refractivity contribution >= 4 is 23.4 Å². The fraction of sp³-hybridized carbons (Fsp3) is 0. The molecule has 0 saturated heterocycles. The van der Waals surface area contributed by atoms with Gasteiger partial charge in [-0.3, -0.25) is 5.32 Å². The van der Waals surface area contributed by atoms with Gasteiger partial charge in [-0.1, -0.05) is 29.8 Å². The number of phenolic OH excluding ortho intramolecular Hbond substituents is 1. The lowest BCUT2D eigenvalue weighted by molar-refractivity contribution is 0.215. The fourth-order valence-corrected chi connectivity index (χ4v) is 1.53. The molecule has 2 rings (SSSR count). The lowest BCUT2D eigenvalue weighted by Crippen LogP contribution is -2.17. The Hall–Kier alpha value is -2.27. The topological polar surface area (TPSA) is 58.6 Å². The van der Waals surface area contributed by atoms with E-state index in [1.165, 1.54) is 0 Å². The second kappa shape index (κ2) is 5.58. The molecule has 1 amide bonds. The highest BCUT2D eigenvalue weighted by Gasteiger charge is 2.12. The lowest BCUT2D eigenvalue weighted by Gasteiger charge is -2.08. The zero-order valence-electron chi connectivity index (χ0n) is 9.56. The molecular weight excluding hydrogens is 273 g/mol. The number of carbonyl (C=O) groups excluding carboxylic acids is 1.